The molecule has 1 saturated heterocycles. The summed E-state index contributed by atoms with van der Waals surface area (Å²) in [6.45, 7) is 2.38. The van der Waals surface area contributed by atoms with E-state index in [0.29, 0.717) is 24.2 Å². The largest absolute Gasteiger partial charge is 0.477 e. The van der Waals surface area contributed by atoms with Gasteiger partial charge in [-0.05, 0) is 43.9 Å². The molecule has 1 aliphatic heterocycles. The van der Waals surface area contributed by atoms with Crippen LogP contribution in [0.3, 0.4) is 0 Å². The summed E-state index contributed by atoms with van der Waals surface area (Å²) >= 11 is 0. The fraction of sp³-hybridized carbons (Fsp3) is 0.458. The van der Waals surface area contributed by atoms with Crippen LogP contribution in [-0.4, -0.2) is 63.2 Å². The quantitative estimate of drug-likeness (QED) is 0.524. The minimum atomic E-state index is -1.03. The Balaban J connectivity index is 1.62. The van der Waals surface area contributed by atoms with E-state index in [1.54, 1.807) is 6.07 Å². The van der Waals surface area contributed by atoms with Crippen LogP contribution in [0.2, 0.25) is 0 Å². The Labute approximate surface area is 186 Å². The molecule has 0 amide bonds. The number of aromatic nitrogens is 3. The van der Waals surface area contributed by atoms with Gasteiger partial charge in [-0.2, -0.15) is 5.10 Å². The molecule has 3 heterocycles. The number of carboxylic acid groups (broad SMARTS) is 1. The van der Waals surface area contributed by atoms with Crippen molar-refractivity contribution in [3.63, 3.8) is 0 Å². The number of fused-ring (bicyclic) bond motifs is 1. The van der Waals surface area contributed by atoms with Crippen molar-refractivity contribution in [2.75, 3.05) is 31.1 Å². The van der Waals surface area contributed by atoms with E-state index in [0.717, 1.165) is 61.2 Å². The average molecular weight is 436 g/mol. The van der Waals surface area contributed by atoms with Crippen molar-refractivity contribution in [3.05, 3.63) is 47.8 Å². The Morgan fingerprint density at radius 1 is 1.12 bits per heavy atom. The van der Waals surface area contributed by atoms with Crippen LogP contribution in [0.15, 0.2) is 36.4 Å². The van der Waals surface area contributed by atoms with Crippen molar-refractivity contribution >= 4 is 22.7 Å². The molecule has 2 fully saturated rings. The first-order valence-corrected chi connectivity index (χ1v) is 11.5. The van der Waals surface area contributed by atoms with Crippen molar-refractivity contribution in [3.8, 4) is 5.69 Å². The first-order chi connectivity index (χ1) is 15.7. The Morgan fingerprint density at radius 3 is 2.50 bits per heavy atom. The monoisotopic (exact) mass is 435 g/mol. The summed E-state index contributed by atoms with van der Waals surface area (Å²) in [5.74, 6) is -0.638. The van der Waals surface area contributed by atoms with Crippen LogP contribution < -0.4 is 10.2 Å². The number of hydrogen-bond acceptors (Lipinski definition) is 6. The van der Waals surface area contributed by atoms with Crippen molar-refractivity contribution < 1.29 is 15.0 Å². The number of rotatable bonds is 7. The molecule has 8 nitrogen and oxygen atoms in total. The van der Waals surface area contributed by atoms with Gasteiger partial charge in [-0.25, -0.2) is 14.5 Å². The first-order valence-electron chi connectivity index (χ1n) is 11.5. The van der Waals surface area contributed by atoms with Gasteiger partial charge in [-0.15, -0.1) is 0 Å². The predicted octanol–water partition coefficient (Wildman–Crippen LogP) is 2.94. The highest BCUT2D eigenvalue weighted by atomic mass is 16.4. The lowest BCUT2D eigenvalue weighted by atomic mass is 9.82. The van der Waals surface area contributed by atoms with E-state index >= 15 is 0 Å². The van der Waals surface area contributed by atoms with E-state index in [-0.39, 0.29) is 12.3 Å². The molecule has 0 bridgehead atoms. The lowest BCUT2D eigenvalue weighted by molar-refractivity contribution is 0.0691. The highest BCUT2D eigenvalue weighted by Crippen LogP contribution is 2.43. The number of aromatic carboxylic acids is 1. The van der Waals surface area contributed by atoms with Crippen LogP contribution in [0.25, 0.3) is 16.7 Å². The van der Waals surface area contributed by atoms with Crippen molar-refractivity contribution in [1.29, 1.82) is 0 Å². The van der Waals surface area contributed by atoms with Crippen LogP contribution in [0.1, 0.15) is 54.2 Å². The van der Waals surface area contributed by atoms with Gasteiger partial charge in [0.25, 0.3) is 0 Å². The molecule has 0 radical (unpaired) electrons. The van der Waals surface area contributed by atoms with E-state index < -0.39 is 5.97 Å². The SMILES string of the molecule is O=C(O)c1cc(N2CCC(NCCO)CC2)c2c(C3CCC3)nn(-c3ccccc3)c2n1. The number of hydrogen-bond donors (Lipinski definition) is 3. The van der Waals surface area contributed by atoms with Crippen LogP contribution in [0.4, 0.5) is 5.69 Å². The van der Waals surface area contributed by atoms with E-state index in [1.165, 1.54) is 6.42 Å². The zero-order valence-corrected chi connectivity index (χ0v) is 18.1. The van der Waals surface area contributed by atoms with Gasteiger partial charge >= 0.3 is 5.97 Å². The fourth-order valence-electron chi connectivity index (χ4n) is 4.79. The van der Waals surface area contributed by atoms with Gasteiger partial charge in [0, 0.05) is 31.6 Å². The number of carbonyl (C=O) groups is 1. The standard InChI is InChI=1S/C24H29N5O3/c30-14-11-25-17-9-12-28(13-10-17)20-15-19(24(31)32)26-23-21(20)22(16-5-4-6-16)27-29(23)18-7-2-1-3-8-18/h1-3,7-8,15-17,25,30H,4-6,9-14H2,(H,31,32). The number of aliphatic hydroxyl groups excluding tert-OH is 1. The molecule has 0 atom stereocenters. The summed E-state index contributed by atoms with van der Waals surface area (Å²) in [7, 11) is 0. The minimum Gasteiger partial charge on any atom is -0.477 e. The summed E-state index contributed by atoms with van der Waals surface area (Å²) < 4.78 is 1.81. The highest BCUT2D eigenvalue weighted by Gasteiger charge is 2.31. The maximum Gasteiger partial charge on any atom is 0.354 e. The fourth-order valence-corrected chi connectivity index (χ4v) is 4.79. The number of carboxylic acids is 1. The molecule has 1 aromatic carbocycles. The zero-order chi connectivity index (χ0) is 22.1. The Hall–Kier alpha value is -2.97. The summed E-state index contributed by atoms with van der Waals surface area (Å²) in [4.78, 5) is 18.8. The topological polar surface area (TPSA) is 104 Å². The van der Waals surface area contributed by atoms with Gasteiger partial charge in [0.15, 0.2) is 11.3 Å². The molecular weight excluding hydrogens is 406 g/mol. The first kappa shape index (κ1) is 20.9. The van der Waals surface area contributed by atoms with Crippen molar-refractivity contribution in [2.24, 2.45) is 0 Å². The van der Waals surface area contributed by atoms with Gasteiger partial charge in [-0.3, -0.25) is 0 Å². The van der Waals surface area contributed by atoms with Crippen molar-refractivity contribution in [2.45, 2.75) is 44.1 Å². The number of para-hydroxylation sites is 1. The van der Waals surface area contributed by atoms with E-state index in [9.17, 15) is 9.90 Å². The molecule has 2 aliphatic rings. The van der Waals surface area contributed by atoms with E-state index in [2.05, 4.69) is 15.2 Å². The Bertz CT molecular complexity index is 1100. The van der Waals surface area contributed by atoms with Gasteiger partial charge in [-0.1, -0.05) is 24.6 Å². The number of benzene rings is 1. The molecule has 8 heteroatoms. The molecule has 0 spiro atoms. The molecule has 168 valence electrons. The number of nitrogens with zero attached hydrogens (tertiary/aromatic N) is 4. The molecule has 3 N–H and O–H groups in total. The lowest BCUT2D eigenvalue weighted by Gasteiger charge is -2.35. The third kappa shape index (κ3) is 3.84. The summed E-state index contributed by atoms with van der Waals surface area (Å²) in [6, 6.07) is 11.9. The van der Waals surface area contributed by atoms with Crippen LogP contribution in [0, 0.1) is 0 Å². The van der Waals surface area contributed by atoms with Crippen molar-refractivity contribution in [1.82, 2.24) is 20.1 Å². The molecular formula is C24H29N5O3. The minimum absolute atomic E-state index is 0.0465. The number of pyridine rings is 1. The average Bonchev–Trinajstić information content (AvgIpc) is 3.16. The van der Waals surface area contributed by atoms with Gasteiger partial charge in [0.2, 0.25) is 0 Å². The molecule has 1 aliphatic carbocycles. The Kier molecular flexibility index (Phi) is 5.80. The second kappa shape index (κ2) is 8.88. The summed E-state index contributed by atoms with van der Waals surface area (Å²) in [6.07, 6.45) is 5.29. The third-order valence-electron chi connectivity index (χ3n) is 6.74. The molecule has 32 heavy (non-hydrogen) atoms. The lowest BCUT2D eigenvalue weighted by Crippen LogP contribution is -2.43. The zero-order valence-electron chi connectivity index (χ0n) is 18.1. The molecule has 2 aromatic heterocycles. The smallest absolute Gasteiger partial charge is 0.354 e. The normalized spacial score (nSPS) is 17.6. The van der Waals surface area contributed by atoms with Gasteiger partial charge in [0.1, 0.15) is 0 Å². The predicted molar refractivity (Wildman–Crippen MR) is 123 cm³/mol. The maximum atomic E-state index is 12.0. The molecule has 5 rings (SSSR count). The third-order valence-corrected chi connectivity index (χ3v) is 6.74. The summed E-state index contributed by atoms with van der Waals surface area (Å²) in [5, 5.41) is 28.2. The molecule has 0 unspecified atom stereocenters. The van der Waals surface area contributed by atoms with Gasteiger partial charge < -0.3 is 20.4 Å². The van der Waals surface area contributed by atoms with Gasteiger partial charge in [0.05, 0.1) is 29.1 Å². The summed E-state index contributed by atoms with van der Waals surface area (Å²) in [5.41, 5.74) is 3.52. The Morgan fingerprint density at radius 2 is 1.88 bits per heavy atom. The molecule has 1 saturated carbocycles. The second-order valence-electron chi connectivity index (χ2n) is 8.73. The van der Waals surface area contributed by atoms with Crippen LogP contribution >= 0.6 is 0 Å². The second-order valence-corrected chi connectivity index (χ2v) is 8.73. The van der Waals surface area contributed by atoms with E-state index in [1.807, 2.05) is 35.0 Å². The maximum absolute atomic E-state index is 12.0. The van der Waals surface area contributed by atoms with Crippen LogP contribution in [0.5, 0.6) is 0 Å². The number of anilines is 1. The number of aliphatic hydroxyl groups is 1. The molecule has 3 aromatic rings. The van der Waals surface area contributed by atoms with Crippen LogP contribution in [-0.2, 0) is 0 Å². The van der Waals surface area contributed by atoms with E-state index in [4.69, 9.17) is 10.2 Å². The number of piperidine rings is 1. The highest BCUT2D eigenvalue weighted by molar-refractivity contribution is 5.98. The number of nitrogens with one attached hydrogen (secondary N) is 1.